The van der Waals surface area contributed by atoms with Crippen molar-refractivity contribution >= 4 is 5.97 Å². The average molecular weight is 267 g/mol. The number of hydrogen-bond acceptors (Lipinski definition) is 3. The number of benzene rings is 1. The monoisotopic (exact) mass is 267 g/mol. The molecule has 1 unspecified atom stereocenters. The molecule has 0 saturated carbocycles. The van der Waals surface area contributed by atoms with Crippen LogP contribution < -0.4 is 5.73 Å². The van der Waals surface area contributed by atoms with Gasteiger partial charge in [0.1, 0.15) is 11.4 Å². The minimum Gasteiger partial charge on any atom is -0.460 e. The van der Waals surface area contributed by atoms with Crippen LogP contribution in [0.1, 0.15) is 31.9 Å². The third kappa shape index (κ3) is 4.99. The Kier molecular flexibility index (Phi) is 5.06. The zero-order valence-corrected chi connectivity index (χ0v) is 12.0. The summed E-state index contributed by atoms with van der Waals surface area (Å²) in [4.78, 5) is 12.0. The molecule has 0 spiro atoms. The summed E-state index contributed by atoms with van der Waals surface area (Å²) in [6, 6.07) is 4.82. The number of halogens is 1. The lowest BCUT2D eigenvalue weighted by Gasteiger charge is -2.23. The molecule has 3 nitrogen and oxygen atoms in total. The number of carbonyl (C=O) groups excluding carboxylic acids is 1. The first kappa shape index (κ1) is 15.6. The maximum absolute atomic E-state index is 13.2. The number of aryl methyl sites for hydroxylation is 1. The van der Waals surface area contributed by atoms with Crippen molar-refractivity contribution in [1.82, 2.24) is 0 Å². The number of rotatable bonds is 4. The summed E-state index contributed by atoms with van der Waals surface area (Å²) in [5.41, 5.74) is 6.57. The molecular formula is C15H22FNO2. The zero-order valence-electron chi connectivity index (χ0n) is 12.0. The molecule has 19 heavy (non-hydrogen) atoms. The molecule has 0 saturated heterocycles. The highest BCUT2D eigenvalue weighted by Crippen LogP contribution is 2.17. The minimum atomic E-state index is -0.525. The smallest absolute Gasteiger partial charge is 0.311 e. The number of esters is 1. The molecular weight excluding hydrogens is 245 g/mol. The first-order chi connectivity index (χ1) is 8.73. The van der Waals surface area contributed by atoms with Crippen LogP contribution in [-0.2, 0) is 16.0 Å². The van der Waals surface area contributed by atoms with E-state index in [1.54, 1.807) is 19.1 Å². The van der Waals surface area contributed by atoms with Gasteiger partial charge in [-0.2, -0.15) is 0 Å². The van der Waals surface area contributed by atoms with E-state index >= 15 is 0 Å². The summed E-state index contributed by atoms with van der Waals surface area (Å²) in [6.45, 7) is 7.37. The van der Waals surface area contributed by atoms with Crippen molar-refractivity contribution in [3.63, 3.8) is 0 Å². The SMILES string of the molecule is Cc1cc(CC(CN)C(=O)OC(C)(C)C)ccc1F. The van der Waals surface area contributed by atoms with Crippen molar-refractivity contribution in [2.24, 2.45) is 11.7 Å². The second-order valence-electron chi connectivity index (χ2n) is 5.75. The highest BCUT2D eigenvalue weighted by Gasteiger charge is 2.24. The standard InChI is InChI=1S/C15H22FNO2/c1-10-7-11(5-6-13(10)16)8-12(9-17)14(18)19-15(2,3)4/h5-7,12H,8-9,17H2,1-4H3. The van der Waals surface area contributed by atoms with Crippen LogP contribution in [0.5, 0.6) is 0 Å². The van der Waals surface area contributed by atoms with Gasteiger partial charge in [-0.25, -0.2) is 4.39 Å². The lowest BCUT2D eigenvalue weighted by Crippen LogP contribution is -2.33. The number of ether oxygens (including phenoxy) is 1. The highest BCUT2D eigenvalue weighted by molar-refractivity contribution is 5.73. The van der Waals surface area contributed by atoms with Gasteiger partial charge in [0.2, 0.25) is 0 Å². The van der Waals surface area contributed by atoms with E-state index < -0.39 is 11.5 Å². The van der Waals surface area contributed by atoms with E-state index in [9.17, 15) is 9.18 Å². The molecule has 0 amide bonds. The van der Waals surface area contributed by atoms with Crippen LogP contribution in [0, 0.1) is 18.7 Å². The Morgan fingerprint density at radius 2 is 2.05 bits per heavy atom. The maximum Gasteiger partial charge on any atom is 0.311 e. The Bertz CT molecular complexity index is 452. The van der Waals surface area contributed by atoms with Gasteiger partial charge in [-0.3, -0.25) is 4.79 Å². The summed E-state index contributed by atoms with van der Waals surface area (Å²) < 4.78 is 18.5. The number of hydrogen-bond donors (Lipinski definition) is 1. The van der Waals surface area contributed by atoms with Crippen molar-refractivity contribution in [2.45, 2.75) is 39.7 Å². The van der Waals surface area contributed by atoms with Crippen LogP contribution in [-0.4, -0.2) is 18.1 Å². The molecule has 1 aromatic carbocycles. The predicted molar refractivity (Wildman–Crippen MR) is 73.2 cm³/mol. The van der Waals surface area contributed by atoms with E-state index in [0.29, 0.717) is 12.0 Å². The summed E-state index contributed by atoms with van der Waals surface area (Å²) >= 11 is 0. The second-order valence-corrected chi connectivity index (χ2v) is 5.75. The van der Waals surface area contributed by atoms with Gasteiger partial charge in [-0.1, -0.05) is 12.1 Å². The van der Waals surface area contributed by atoms with Crippen LogP contribution >= 0.6 is 0 Å². The Hall–Kier alpha value is -1.42. The molecule has 1 aromatic rings. The van der Waals surface area contributed by atoms with Gasteiger partial charge in [0.05, 0.1) is 5.92 Å². The molecule has 0 radical (unpaired) electrons. The third-order valence-corrected chi connectivity index (χ3v) is 2.73. The van der Waals surface area contributed by atoms with E-state index in [0.717, 1.165) is 5.56 Å². The fraction of sp³-hybridized carbons (Fsp3) is 0.533. The summed E-state index contributed by atoms with van der Waals surface area (Å²) in [7, 11) is 0. The molecule has 106 valence electrons. The lowest BCUT2D eigenvalue weighted by atomic mass is 9.98. The molecule has 0 heterocycles. The van der Waals surface area contributed by atoms with Gasteiger partial charge in [-0.15, -0.1) is 0 Å². The van der Waals surface area contributed by atoms with Gasteiger partial charge in [0.25, 0.3) is 0 Å². The van der Waals surface area contributed by atoms with E-state index in [-0.39, 0.29) is 18.3 Å². The Morgan fingerprint density at radius 1 is 1.42 bits per heavy atom. The summed E-state index contributed by atoms with van der Waals surface area (Å²) in [5, 5.41) is 0. The fourth-order valence-electron chi connectivity index (χ4n) is 1.77. The normalized spacial score (nSPS) is 13.2. The van der Waals surface area contributed by atoms with E-state index in [1.165, 1.54) is 6.07 Å². The van der Waals surface area contributed by atoms with Crippen molar-refractivity contribution in [1.29, 1.82) is 0 Å². The van der Waals surface area contributed by atoms with Crippen molar-refractivity contribution in [3.8, 4) is 0 Å². The van der Waals surface area contributed by atoms with E-state index in [2.05, 4.69) is 0 Å². The van der Waals surface area contributed by atoms with Crippen LogP contribution in [0.15, 0.2) is 18.2 Å². The van der Waals surface area contributed by atoms with Gasteiger partial charge in [0, 0.05) is 6.54 Å². The second kappa shape index (κ2) is 6.15. The molecule has 0 bridgehead atoms. The Balaban J connectivity index is 2.76. The van der Waals surface area contributed by atoms with E-state index in [4.69, 9.17) is 10.5 Å². The van der Waals surface area contributed by atoms with Crippen LogP contribution in [0.2, 0.25) is 0 Å². The van der Waals surface area contributed by atoms with E-state index in [1.807, 2.05) is 20.8 Å². The molecule has 0 fully saturated rings. The topological polar surface area (TPSA) is 52.3 Å². The lowest BCUT2D eigenvalue weighted by molar-refractivity contribution is -0.159. The Morgan fingerprint density at radius 3 is 2.53 bits per heavy atom. The van der Waals surface area contributed by atoms with Crippen molar-refractivity contribution in [3.05, 3.63) is 35.1 Å². The molecule has 1 rings (SSSR count). The van der Waals surface area contributed by atoms with Gasteiger partial charge >= 0.3 is 5.97 Å². The highest BCUT2D eigenvalue weighted by atomic mass is 19.1. The molecule has 0 aromatic heterocycles. The number of nitrogens with two attached hydrogens (primary N) is 1. The number of carbonyl (C=O) groups is 1. The quantitative estimate of drug-likeness (QED) is 0.853. The van der Waals surface area contributed by atoms with Gasteiger partial charge in [-0.05, 0) is 51.3 Å². The molecule has 0 aliphatic heterocycles. The average Bonchev–Trinajstić information content (AvgIpc) is 2.28. The molecule has 4 heteroatoms. The van der Waals surface area contributed by atoms with Crippen LogP contribution in [0.25, 0.3) is 0 Å². The van der Waals surface area contributed by atoms with Crippen molar-refractivity contribution < 1.29 is 13.9 Å². The van der Waals surface area contributed by atoms with Crippen LogP contribution in [0.3, 0.4) is 0 Å². The van der Waals surface area contributed by atoms with Gasteiger partial charge in [0.15, 0.2) is 0 Å². The zero-order chi connectivity index (χ0) is 14.6. The molecule has 1 atom stereocenters. The first-order valence-electron chi connectivity index (χ1n) is 6.41. The molecule has 2 N–H and O–H groups in total. The summed E-state index contributed by atoms with van der Waals surface area (Å²) in [6.07, 6.45) is 0.465. The maximum atomic E-state index is 13.2. The van der Waals surface area contributed by atoms with Gasteiger partial charge < -0.3 is 10.5 Å². The van der Waals surface area contributed by atoms with Crippen LogP contribution in [0.4, 0.5) is 4.39 Å². The van der Waals surface area contributed by atoms with Crippen molar-refractivity contribution in [2.75, 3.05) is 6.54 Å². The molecule has 0 aliphatic rings. The Labute approximate surface area is 113 Å². The predicted octanol–water partition coefficient (Wildman–Crippen LogP) is 2.59. The first-order valence-corrected chi connectivity index (χ1v) is 6.41. The molecule has 0 aliphatic carbocycles. The largest absolute Gasteiger partial charge is 0.460 e. The fourth-order valence-corrected chi connectivity index (χ4v) is 1.77. The summed E-state index contributed by atoms with van der Waals surface area (Å²) in [5.74, 6) is -0.952. The minimum absolute atomic E-state index is 0.214. The third-order valence-electron chi connectivity index (χ3n) is 2.73.